The van der Waals surface area contributed by atoms with E-state index in [0.717, 1.165) is 64.2 Å². The molecule has 56 heavy (non-hydrogen) atoms. The zero-order valence-electron chi connectivity index (χ0n) is 37.7. The Morgan fingerprint density at radius 1 is 0.411 bits per heavy atom. The maximum atomic E-state index is 12.7. The van der Waals surface area contributed by atoms with E-state index in [-0.39, 0.29) is 18.5 Å². The molecule has 0 aliphatic rings. The van der Waals surface area contributed by atoms with Crippen LogP contribution in [-0.2, 0) is 23.8 Å². The van der Waals surface area contributed by atoms with Crippen LogP contribution in [-0.4, -0.2) is 37.9 Å². The number of unbranched alkanes of at least 4 members (excludes halogenated alkanes) is 28. The molecular weight excluding hydrogens is 693 g/mol. The monoisotopic (exact) mass is 787 g/mol. The van der Waals surface area contributed by atoms with Crippen molar-refractivity contribution in [2.75, 3.05) is 19.8 Å². The summed E-state index contributed by atoms with van der Waals surface area (Å²) < 4.78 is 17.3. The minimum atomic E-state index is -0.532. The second-order valence-corrected chi connectivity index (χ2v) is 16.4. The van der Waals surface area contributed by atoms with Gasteiger partial charge in [0.05, 0.1) is 6.61 Å². The summed E-state index contributed by atoms with van der Waals surface area (Å²) in [7, 11) is 0. The molecule has 0 heterocycles. The molecule has 0 N–H and O–H groups in total. The van der Waals surface area contributed by atoms with Crippen LogP contribution >= 0.6 is 0 Å². The number of hydrogen-bond acceptors (Lipinski definition) is 5. The minimum absolute atomic E-state index is 0.0854. The van der Waals surface area contributed by atoms with Crippen LogP contribution in [0.5, 0.6) is 0 Å². The summed E-state index contributed by atoms with van der Waals surface area (Å²) in [5.74, 6) is -0.399. The Hall–Kier alpha value is -1.88. The Morgan fingerprint density at radius 3 is 1.29 bits per heavy atom. The van der Waals surface area contributed by atoms with Crippen LogP contribution in [0.1, 0.15) is 252 Å². The molecule has 0 rings (SSSR count). The molecular formula is C51H94O5. The molecule has 0 fully saturated rings. The molecule has 1 unspecified atom stereocenters. The summed E-state index contributed by atoms with van der Waals surface area (Å²) in [5.41, 5.74) is 0. The molecule has 1 atom stereocenters. The fourth-order valence-electron chi connectivity index (χ4n) is 7.05. The van der Waals surface area contributed by atoms with Gasteiger partial charge < -0.3 is 14.2 Å². The summed E-state index contributed by atoms with van der Waals surface area (Å²) in [6, 6.07) is 0. The minimum Gasteiger partial charge on any atom is -0.462 e. The average molecular weight is 787 g/mol. The van der Waals surface area contributed by atoms with Crippen LogP contribution in [0.2, 0.25) is 0 Å². The van der Waals surface area contributed by atoms with E-state index in [2.05, 4.69) is 57.2 Å². The second kappa shape index (κ2) is 47.5. The number of esters is 2. The lowest BCUT2D eigenvalue weighted by atomic mass is 10.0. The number of carbonyl (C=O) groups excluding carboxylic acids is 2. The summed E-state index contributed by atoms with van der Waals surface area (Å²) in [6.07, 6.45) is 55.7. The van der Waals surface area contributed by atoms with E-state index in [1.807, 2.05) is 0 Å². The predicted octanol–water partition coefficient (Wildman–Crippen LogP) is 16.2. The fraction of sp³-hybridized carbons (Fsp3) is 0.843. The zero-order chi connectivity index (χ0) is 40.7. The van der Waals surface area contributed by atoms with Gasteiger partial charge in [-0.15, -0.1) is 0 Å². The van der Waals surface area contributed by atoms with E-state index >= 15 is 0 Å². The van der Waals surface area contributed by atoms with Gasteiger partial charge in [0.2, 0.25) is 0 Å². The van der Waals surface area contributed by atoms with Gasteiger partial charge in [-0.2, -0.15) is 0 Å². The van der Waals surface area contributed by atoms with Crippen LogP contribution < -0.4 is 0 Å². The van der Waals surface area contributed by atoms with Crippen molar-refractivity contribution in [1.29, 1.82) is 0 Å². The van der Waals surface area contributed by atoms with Crippen LogP contribution in [0.15, 0.2) is 36.5 Å². The van der Waals surface area contributed by atoms with Crippen LogP contribution in [0.4, 0.5) is 0 Å². The van der Waals surface area contributed by atoms with Gasteiger partial charge in [0.15, 0.2) is 6.10 Å². The Labute approximate surface area is 349 Å². The third kappa shape index (κ3) is 44.8. The smallest absolute Gasteiger partial charge is 0.306 e. The van der Waals surface area contributed by atoms with Gasteiger partial charge in [-0.1, -0.05) is 224 Å². The van der Waals surface area contributed by atoms with Crippen molar-refractivity contribution < 1.29 is 23.8 Å². The molecule has 0 aliphatic carbocycles. The Morgan fingerprint density at radius 2 is 0.804 bits per heavy atom. The lowest BCUT2D eigenvalue weighted by Crippen LogP contribution is -2.30. The maximum absolute atomic E-state index is 12.7. The van der Waals surface area contributed by atoms with Gasteiger partial charge in [-0.05, 0) is 51.4 Å². The van der Waals surface area contributed by atoms with Crippen LogP contribution in [0.25, 0.3) is 0 Å². The van der Waals surface area contributed by atoms with Crippen molar-refractivity contribution in [3.05, 3.63) is 36.5 Å². The molecule has 0 spiro atoms. The van der Waals surface area contributed by atoms with Gasteiger partial charge in [-0.3, -0.25) is 9.59 Å². The molecule has 0 aromatic carbocycles. The van der Waals surface area contributed by atoms with Crippen molar-refractivity contribution in [1.82, 2.24) is 0 Å². The Kier molecular flexibility index (Phi) is 45.9. The van der Waals surface area contributed by atoms with Gasteiger partial charge in [0.1, 0.15) is 6.61 Å². The summed E-state index contributed by atoms with van der Waals surface area (Å²) in [6.45, 7) is 7.73. The molecule has 0 bridgehead atoms. The third-order valence-electron chi connectivity index (χ3n) is 10.7. The molecule has 0 radical (unpaired) electrons. The lowest BCUT2D eigenvalue weighted by Gasteiger charge is -2.18. The largest absolute Gasteiger partial charge is 0.462 e. The normalized spacial score (nSPS) is 12.4. The van der Waals surface area contributed by atoms with Gasteiger partial charge >= 0.3 is 11.9 Å². The molecule has 0 saturated heterocycles. The number of carbonyl (C=O) groups is 2. The highest BCUT2D eigenvalue weighted by molar-refractivity contribution is 5.70. The van der Waals surface area contributed by atoms with Crippen molar-refractivity contribution in [2.45, 2.75) is 258 Å². The van der Waals surface area contributed by atoms with E-state index in [0.29, 0.717) is 26.1 Å². The first-order valence-corrected chi connectivity index (χ1v) is 24.5. The maximum Gasteiger partial charge on any atom is 0.306 e. The SMILES string of the molecule is CC/C=C\C/C=C\C/C=C\CCCCCCCCCC(=O)OCC(COCCCCCCCCCCCCCCCC)OC(=O)CCCCCCCCCCC. The van der Waals surface area contributed by atoms with Crippen molar-refractivity contribution in [2.24, 2.45) is 0 Å². The van der Waals surface area contributed by atoms with E-state index < -0.39 is 6.10 Å². The average Bonchev–Trinajstić information content (AvgIpc) is 3.20. The second-order valence-electron chi connectivity index (χ2n) is 16.4. The first-order valence-electron chi connectivity index (χ1n) is 24.5. The summed E-state index contributed by atoms with van der Waals surface area (Å²) in [5, 5.41) is 0. The quantitative estimate of drug-likeness (QED) is 0.0349. The Balaban J connectivity index is 4.18. The molecule has 0 aromatic heterocycles. The van der Waals surface area contributed by atoms with Gasteiger partial charge in [0.25, 0.3) is 0 Å². The molecule has 0 saturated carbocycles. The van der Waals surface area contributed by atoms with Crippen molar-refractivity contribution >= 4 is 11.9 Å². The van der Waals surface area contributed by atoms with Gasteiger partial charge in [0, 0.05) is 19.4 Å². The molecule has 5 heteroatoms. The third-order valence-corrected chi connectivity index (χ3v) is 10.7. The van der Waals surface area contributed by atoms with Crippen LogP contribution in [0, 0.1) is 0 Å². The van der Waals surface area contributed by atoms with Crippen LogP contribution in [0.3, 0.4) is 0 Å². The first-order chi connectivity index (χ1) is 27.6. The topological polar surface area (TPSA) is 61.8 Å². The molecule has 0 amide bonds. The van der Waals surface area contributed by atoms with E-state index in [9.17, 15) is 9.59 Å². The highest BCUT2D eigenvalue weighted by Crippen LogP contribution is 2.15. The molecule has 328 valence electrons. The highest BCUT2D eigenvalue weighted by atomic mass is 16.6. The number of allylic oxidation sites excluding steroid dienone is 6. The van der Waals surface area contributed by atoms with Gasteiger partial charge in [-0.25, -0.2) is 0 Å². The fourth-order valence-corrected chi connectivity index (χ4v) is 7.05. The van der Waals surface area contributed by atoms with Crippen molar-refractivity contribution in [3.8, 4) is 0 Å². The summed E-state index contributed by atoms with van der Waals surface area (Å²) >= 11 is 0. The molecule has 0 aliphatic heterocycles. The number of rotatable bonds is 45. The molecule has 0 aromatic rings. The number of hydrogen-bond donors (Lipinski definition) is 0. The van der Waals surface area contributed by atoms with E-state index in [1.54, 1.807) is 0 Å². The van der Waals surface area contributed by atoms with E-state index in [4.69, 9.17) is 14.2 Å². The Bertz CT molecular complexity index is 893. The van der Waals surface area contributed by atoms with E-state index in [1.165, 1.54) is 154 Å². The van der Waals surface area contributed by atoms with Crippen molar-refractivity contribution in [3.63, 3.8) is 0 Å². The highest BCUT2D eigenvalue weighted by Gasteiger charge is 2.17. The first kappa shape index (κ1) is 54.1. The number of ether oxygens (including phenoxy) is 3. The zero-order valence-corrected chi connectivity index (χ0v) is 37.7. The predicted molar refractivity (Wildman–Crippen MR) is 242 cm³/mol. The summed E-state index contributed by atoms with van der Waals surface area (Å²) in [4.78, 5) is 25.3. The lowest BCUT2D eigenvalue weighted by molar-refractivity contribution is -0.163. The molecule has 5 nitrogen and oxygen atoms in total. The standard InChI is InChI=1S/C51H94O5/c1-4-7-10-13-16-19-21-23-25-26-27-28-30-33-35-38-41-44-50(52)55-48-49(56-51(53)45-42-39-36-32-18-15-12-9-6-3)47-54-46-43-40-37-34-31-29-24-22-20-17-14-11-8-5-2/h7,10,16,19,23,25,49H,4-6,8-9,11-15,17-18,20-22,24,26-48H2,1-3H3/b10-7-,19-16-,25-23-.